The number of aromatic nitrogens is 4. The summed E-state index contributed by atoms with van der Waals surface area (Å²) in [7, 11) is 1.95. The minimum Gasteiger partial charge on any atom is -0.352 e. The third-order valence-corrected chi connectivity index (χ3v) is 3.39. The maximum atomic E-state index is 4.33. The van der Waals surface area contributed by atoms with Crippen molar-refractivity contribution in [3.63, 3.8) is 0 Å². The molecule has 1 saturated heterocycles. The summed E-state index contributed by atoms with van der Waals surface area (Å²) in [5, 5.41) is 12.0. The van der Waals surface area contributed by atoms with Gasteiger partial charge in [0.05, 0.1) is 0 Å². The molecule has 0 saturated carbocycles. The van der Waals surface area contributed by atoms with Gasteiger partial charge >= 0.3 is 0 Å². The first-order valence-electron chi connectivity index (χ1n) is 6.54. The Hall–Kier alpha value is -1.95. The molecule has 1 atom stereocenters. The fourth-order valence-electron chi connectivity index (χ4n) is 2.37. The maximum absolute atomic E-state index is 4.33. The van der Waals surface area contributed by atoms with Crippen molar-refractivity contribution in [2.75, 3.05) is 24.5 Å². The van der Waals surface area contributed by atoms with E-state index in [1.54, 1.807) is 6.20 Å². The molecule has 100 valence electrons. The standard InChI is InChI=1S/C13H18N6/c1-10-9-19(8-6-14-10)12-4-3-11(16-17-12)13-15-5-7-18(13)2/h3-5,7,10,14H,6,8-9H2,1-2H3. The van der Waals surface area contributed by atoms with Crippen LogP contribution in [-0.2, 0) is 7.05 Å². The second-order valence-electron chi connectivity index (χ2n) is 4.94. The Bertz CT molecular complexity index is 547. The lowest BCUT2D eigenvalue weighted by Crippen LogP contribution is -2.49. The van der Waals surface area contributed by atoms with Gasteiger partial charge in [0.15, 0.2) is 11.6 Å². The molecule has 0 spiro atoms. The first-order chi connectivity index (χ1) is 9.24. The molecule has 3 heterocycles. The zero-order chi connectivity index (χ0) is 13.2. The number of anilines is 1. The summed E-state index contributed by atoms with van der Waals surface area (Å²) in [5.41, 5.74) is 0.805. The van der Waals surface area contributed by atoms with Gasteiger partial charge in [-0.3, -0.25) is 0 Å². The summed E-state index contributed by atoms with van der Waals surface area (Å²) in [6.45, 7) is 5.11. The van der Waals surface area contributed by atoms with E-state index in [2.05, 4.69) is 32.3 Å². The average molecular weight is 258 g/mol. The molecule has 2 aromatic rings. The molecule has 1 N–H and O–H groups in total. The van der Waals surface area contributed by atoms with Gasteiger partial charge in [-0.1, -0.05) is 0 Å². The predicted octanol–water partition coefficient (Wildman–Crippen LogP) is 0.675. The normalized spacial score (nSPS) is 19.7. The molecule has 0 bridgehead atoms. The molecule has 0 amide bonds. The largest absolute Gasteiger partial charge is 0.352 e. The van der Waals surface area contributed by atoms with Gasteiger partial charge in [-0.2, -0.15) is 0 Å². The van der Waals surface area contributed by atoms with Gasteiger partial charge in [0.2, 0.25) is 0 Å². The number of rotatable bonds is 2. The van der Waals surface area contributed by atoms with E-state index in [0.29, 0.717) is 6.04 Å². The quantitative estimate of drug-likeness (QED) is 0.858. The Morgan fingerprint density at radius 3 is 2.84 bits per heavy atom. The van der Waals surface area contributed by atoms with Crippen molar-refractivity contribution in [3.8, 4) is 11.5 Å². The van der Waals surface area contributed by atoms with E-state index < -0.39 is 0 Å². The molecular formula is C13H18N6. The molecule has 6 nitrogen and oxygen atoms in total. The Morgan fingerprint density at radius 1 is 1.32 bits per heavy atom. The Kier molecular flexibility index (Phi) is 3.16. The van der Waals surface area contributed by atoms with Crippen LogP contribution < -0.4 is 10.2 Å². The monoisotopic (exact) mass is 258 g/mol. The van der Waals surface area contributed by atoms with Crippen molar-refractivity contribution in [2.45, 2.75) is 13.0 Å². The smallest absolute Gasteiger partial charge is 0.160 e. The highest BCUT2D eigenvalue weighted by molar-refractivity contribution is 5.51. The third kappa shape index (κ3) is 2.44. The van der Waals surface area contributed by atoms with E-state index in [0.717, 1.165) is 37.0 Å². The minimum atomic E-state index is 0.491. The van der Waals surface area contributed by atoms with Crippen LogP contribution in [0.3, 0.4) is 0 Å². The van der Waals surface area contributed by atoms with E-state index in [1.807, 2.05) is 29.9 Å². The summed E-state index contributed by atoms with van der Waals surface area (Å²) in [5.74, 6) is 1.78. The number of imidazole rings is 1. The van der Waals surface area contributed by atoms with Gasteiger partial charge in [0.1, 0.15) is 5.69 Å². The fourth-order valence-corrected chi connectivity index (χ4v) is 2.37. The molecule has 3 rings (SSSR count). The molecule has 0 aliphatic carbocycles. The zero-order valence-corrected chi connectivity index (χ0v) is 11.2. The van der Waals surface area contributed by atoms with Crippen LogP contribution in [0.15, 0.2) is 24.5 Å². The molecule has 1 unspecified atom stereocenters. The van der Waals surface area contributed by atoms with Crippen LogP contribution in [0.25, 0.3) is 11.5 Å². The van der Waals surface area contributed by atoms with Gasteiger partial charge < -0.3 is 14.8 Å². The molecule has 0 radical (unpaired) electrons. The Balaban J connectivity index is 1.81. The number of hydrogen-bond donors (Lipinski definition) is 1. The molecule has 6 heteroatoms. The molecular weight excluding hydrogens is 240 g/mol. The van der Waals surface area contributed by atoms with Crippen molar-refractivity contribution in [1.29, 1.82) is 0 Å². The van der Waals surface area contributed by atoms with E-state index in [1.165, 1.54) is 0 Å². The van der Waals surface area contributed by atoms with Crippen LogP contribution in [0.4, 0.5) is 5.82 Å². The van der Waals surface area contributed by atoms with Crippen LogP contribution in [0, 0.1) is 0 Å². The third-order valence-electron chi connectivity index (χ3n) is 3.39. The Morgan fingerprint density at radius 2 is 2.21 bits per heavy atom. The number of nitrogens with zero attached hydrogens (tertiary/aromatic N) is 5. The van der Waals surface area contributed by atoms with Crippen molar-refractivity contribution >= 4 is 5.82 Å². The zero-order valence-electron chi connectivity index (χ0n) is 11.2. The molecule has 1 aliphatic heterocycles. The summed E-state index contributed by atoms with van der Waals surface area (Å²) < 4.78 is 1.94. The number of hydrogen-bond acceptors (Lipinski definition) is 5. The van der Waals surface area contributed by atoms with Gasteiger partial charge in [-0.25, -0.2) is 4.98 Å². The molecule has 1 fully saturated rings. The lowest BCUT2D eigenvalue weighted by Gasteiger charge is -2.32. The lowest BCUT2D eigenvalue weighted by molar-refractivity contribution is 0.481. The van der Waals surface area contributed by atoms with Gasteiger partial charge in [-0.15, -0.1) is 10.2 Å². The number of piperazine rings is 1. The van der Waals surface area contributed by atoms with E-state index in [9.17, 15) is 0 Å². The van der Waals surface area contributed by atoms with Crippen LogP contribution in [0.2, 0.25) is 0 Å². The molecule has 0 aromatic carbocycles. The second kappa shape index (κ2) is 4.97. The van der Waals surface area contributed by atoms with Gasteiger partial charge in [0, 0.05) is 45.1 Å². The van der Waals surface area contributed by atoms with Crippen LogP contribution in [0.1, 0.15) is 6.92 Å². The summed E-state index contributed by atoms with van der Waals surface area (Å²) in [4.78, 5) is 6.54. The highest BCUT2D eigenvalue weighted by Gasteiger charge is 2.17. The van der Waals surface area contributed by atoms with Crippen molar-refractivity contribution in [3.05, 3.63) is 24.5 Å². The molecule has 2 aromatic heterocycles. The van der Waals surface area contributed by atoms with Gasteiger partial charge in [0.25, 0.3) is 0 Å². The second-order valence-corrected chi connectivity index (χ2v) is 4.94. The minimum absolute atomic E-state index is 0.491. The van der Waals surface area contributed by atoms with Crippen molar-refractivity contribution in [1.82, 2.24) is 25.1 Å². The first kappa shape index (κ1) is 12.1. The molecule has 19 heavy (non-hydrogen) atoms. The number of nitrogens with one attached hydrogen (secondary N) is 1. The summed E-state index contributed by atoms with van der Waals surface area (Å²) in [6.07, 6.45) is 3.67. The predicted molar refractivity (Wildman–Crippen MR) is 73.9 cm³/mol. The number of aryl methyl sites for hydroxylation is 1. The van der Waals surface area contributed by atoms with Crippen LogP contribution in [0.5, 0.6) is 0 Å². The van der Waals surface area contributed by atoms with Crippen LogP contribution >= 0.6 is 0 Å². The first-order valence-corrected chi connectivity index (χ1v) is 6.54. The fraction of sp³-hybridized carbons (Fsp3) is 0.462. The van der Waals surface area contributed by atoms with Crippen molar-refractivity contribution in [2.24, 2.45) is 7.05 Å². The van der Waals surface area contributed by atoms with E-state index in [4.69, 9.17) is 0 Å². The highest BCUT2D eigenvalue weighted by Crippen LogP contribution is 2.17. The lowest BCUT2D eigenvalue weighted by atomic mass is 10.2. The average Bonchev–Trinajstić information content (AvgIpc) is 2.85. The summed E-state index contributed by atoms with van der Waals surface area (Å²) in [6, 6.07) is 4.50. The van der Waals surface area contributed by atoms with E-state index >= 15 is 0 Å². The Labute approximate surface area is 112 Å². The van der Waals surface area contributed by atoms with Crippen molar-refractivity contribution < 1.29 is 0 Å². The van der Waals surface area contributed by atoms with E-state index in [-0.39, 0.29) is 0 Å². The maximum Gasteiger partial charge on any atom is 0.160 e. The molecule has 1 aliphatic rings. The highest BCUT2D eigenvalue weighted by atomic mass is 15.3. The summed E-state index contributed by atoms with van der Waals surface area (Å²) >= 11 is 0. The van der Waals surface area contributed by atoms with Crippen LogP contribution in [-0.4, -0.2) is 45.4 Å². The topological polar surface area (TPSA) is 58.9 Å². The SMILES string of the molecule is CC1CN(c2ccc(-c3nccn3C)nn2)CCN1. The van der Waals surface area contributed by atoms with Gasteiger partial charge in [-0.05, 0) is 19.1 Å².